The van der Waals surface area contributed by atoms with E-state index in [4.69, 9.17) is 44.5 Å². The number of amides is 2. The summed E-state index contributed by atoms with van der Waals surface area (Å²) >= 11 is 0. The average molecular weight is 1310 g/mol. The summed E-state index contributed by atoms with van der Waals surface area (Å²) in [6.07, 6.45) is 4.21. The first-order valence-electron chi connectivity index (χ1n) is 31.8. The maximum atomic E-state index is 14.0. The fourth-order valence-electron chi connectivity index (χ4n) is 10.3. The Hall–Kier alpha value is -9.86. The maximum Gasteiger partial charge on any atom is 0.287 e. The van der Waals surface area contributed by atoms with E-state index >= 15 is 0 Å². The van der Waals surface area contributed by atoms with Gasteiger partial charge in [-0.15, -0.1) is 0 Å². The predicted molar refractivity (Wildman–Crippen MR) is 359 cm³/mol. The average Bonchev–Trinajstić information content (AvgIpc) is 1.22. The zero-order valence-corrected chi connectivity index (χ0v) is 54.6. The van der Waals surface area contributed by atoms with Crippen LogP contribution in [0, 0.1) is 45.6 Å². The smallest absolute Gasteiger partial charge is 0.287 e. The molecule has 0 aliphatic carbocycles. The number of rotatable bonds is 41. The van der Waals surface area contributed by atoms with Gasteiger partial charge in [-0.25, -0.2) is 14.2 Å². The molecule has 2 amide bonds. The highest BCUT2D eigenvalue weighted by molar-refractivity contribution is 6.36. The van der Waals surface area contributed by atoms with E-state index in [0.29, 0.717) is 148 Å². The third kappa shape index (κ3) is 20.6. The molecule has 0 unspecified atom stereocenters. The monoisotopic (exact) mass is 1310 g/mol. The number of nitriles is 1. The standard InChI is InChI=1S/C72H80N10O14/c1-51-10-6-12-59(46-51)79-53(3)61(65-24-26-78-82(65)58-22-18-56(74-5)19-23-58)48-63(71(79)87)67(83)14-8-30-89-34-38-93-42-45-96-41-37-92-33-29-76-70(86)68(84)15-9-31-90-35-39-94-43-44-95-40-36-91-32-28-75-69(85)64-49-62(54(4)80(72(64)88)60-13-7-11-52(2)47-60)66-25-27-77-81(66)57-20-16-55(50-73)17-21-57/h6-7,10-13,16-27,46-49H,8-9,14-15,28-45H2,1-4H3,(H,75,85)(H,76,86). The van der Waals surface area contributed by atoms with Crippen LogP contribution in [0.25, 0.3) is 50.1 Å². The quantitative estimate of drug-likeness (QED) is 0.0158. The number of benzene rings is 4. The van der Waals surface area contributed by atoms with Gasteiger partial charge in [0, 0.05) is 73.0 Å². The number of Topliss-reactive ketones (excluding diaryl/α,β-unsaturated/α-hetero) is 2. The number of carbonyl (C=O) groups is 4. The number of aryl methyl sites for hydroxylation is 2. The Balaban J connectivity index is 0.597. The number of nitrogens with zero attached hydrogens (tertiary/aromatic N) is 8. The van der Waals surface area contributed by atoms with Crippen molar-refractivity contribution in [2.75, 3.05) is 119 Å². The van der Waals surface area contributed by atoms with Gasteiger partial charge in [0.05, 0.1) is 151 Å². The Kier molecular flexibility index (Phi) is 28.4. The van der Waals surface area contributed by atoms with E-state index in [1.807, 2.05) is 88.4 Å². The molecule has 0 fully saturated rings. The number of pyridine rings is 2. The molecule has 0 saturated heterocycles. The number of hydrogen-bond acceptors (Lipinski definition) is 17. The lowest BCUT2D eigenvalue weighted by Gasteiger charge is -2.18. The molecule has 8 rings (SSSR count). The first kappa shape index (κ1) is 72.0. The van der Waals surface area contributed by atoms with Crippen molar-refractivity contribution < 1.29 is 57.1 Å². The first-order chi connectivity index (χ1) is 46.8. The number of hydrogen-bond donors (Lipinski definition) is 2. The molecule has 4 aromatic carbocycles. The van der Waals surface area contributed by atoms with E-state index in [1.54, 1.807) is 87.0 Å². The molecule has 96 heavy (non-hydrogen) atoms. The molecule has 24 nitrogen and oxygen atoms in total. The van der Waals surface area contributed by atoms with Gasteiger partial charge >= 0.3 is 0 Å². The minimum Gasteiger partial charge on any atom is -0.379 e. The summed E-state index contributed by atoms with van der Waals surface area (Å²) in [5, 5.41) is 23.7. The second-order valence-electron chi connectivity index (χ2n) is 22.1. The highest BCUT2D eigenvalue weighted by atomic mass is 16.6. The van der Waals surface area contributed by atoms with E-state index < -0.39 is 28.7 Å². The summed E-state index contributed by atoms with van der Waals surface area (Å²) < 4.78 is 51.2. The summed E-state index contributed by atoms with van der Waals surface area (Å²) in [7, 11) is 0. The van der Waals surface area contributed by atoms with Gasteiger partial charge in [0.15, 0.2) is 11.5 Å². The normalized spacial score (nSPS) is 11.1. The van der Waals surface area contributed by atoms with Crippen molar-refractivity contribution in [2.45, 2.75) is 53.4 Å². The molecule has 0 aliphatic rings. The molecule has 0 saturated carbocycles. The molecule has 4 aromatic heterocycles. The summed E-state index contributed by atoms with van der Waals surface area (Å²) in [4.78, 5) is 83.4. The molecular weight excluding hydrogens is 1230 g/mol. The first-order valence-corrected chi connectivity index (χ1v) is 31.8. The third-order valence-corrected chi connectivity index (χ3v) is 15.2. The summed E-state index contributed by atoms with van der Waals surface area (Å²) in [5.74, 6) is -2.08. The second kappa shape index (κ2) is 37.9. The van der Waals surface area contributed by atoms with E-state index in [9.17, 15) is 34.0 Å². The second-order valence-corrected chi connectivity index (χ2v) is 22.1. The molecule has 502 valence electrons. The van der Waals surface area contributed by atoms with Gasteiger partial charge in [0.2, 0.25) is 5.78 Å². The lowest BCUT2D eigenvalue weighted by Crippen LogP contribution is -2.35. The predicted octanol–water partition coefficient (Wildman–Crippen LogP) is 8.34. The van der Waals surface area contributed by atoms with Gasteiger partial charge in [0.25, 0.3) is 22.9 Å². The Morgan fingerprint density at radius 3 is 1.36 bits per heavy atom. The zero-order valence-electron chi connectivity index (χ0n) is 54.6. The van der Waals surface area contributed by atoms with Crippen LogP contribution in [0.2, 0.25) is 0 Å². The third-order valence-electron chi connectivity index (χ3n) is 15.2. The lowest BCUT2D eigenvalue weighted by molar-refractivity contribution is -0.138. The van der Waals surface area contributed by atoms with Crippen molar-refractivity contribution in [1.82, 2.24) is 39.3 Å². The number of ketones is 2. The lowest BCUT2D eigenvalue weighted by atomic mass is 10.0. The van der Waals surface area contributed by atoms with Crippen LogP contribution >= 0.6 is 0 Å². The van der Waals surface area contributed by atoms with Crippen molar-refractivity contribution >= 4 is 29.1 Å². The molecule has 4 heterocycles. The highest BCUT2D eigenvalue weighted by Gasteiger charge is 2.24. The van der Waals surface area contributed by atoms with Gasteiger partial charge in [0.1, 0.15) is 5.56 Å². The Morgan fingerprint density at radius 2 is 0.906 bits per heavy atom. The van der Waals surface area contributed by atoms with Crippen molar-refractivity contribution in [2.24, 2.45) is 0 Å². The molecule has 0 atom stereocenters. The number of aromatic nitrogens is 6. The zero-order chi connectivity index (χ0) is 68.0. The summed E-state index contributed by atoms with van der Waals surface area (Å²) in [5.41, 5.74) is 8.67. The van der Waals surface area contributed by atoms with Gasteiger partial charge in [-0.3, -0.25) is 37.9 Å². The van der Waals surface area contributed by atoms with Crippen LogP contribution in [0.1, 0.15) is 74.5 Å². The number of nitrogens with one attached hydrogen (secondary N) is 2. The molecule has 0 bridgehead atoms. The molecule has 8 aromatic rings. The number of ether oxygens (including phenoxy) is 8. The van der Waals surface area contributed by atoms with Crippen LogP contribution < -0.4 is 21.8 Å². The largest absolute Gasteiger partial charge is 0.379 e. The highest BCUT2D eigenvalue weighted by Crippen LogP contribution is 2.30. The minimum atomic E-state index is -0.683. The van der Waals surface area contributed by atoms with Crippen molar-refractivity contribution in [3.8, 4) is 51.3 Å². The van der Waals surface area contributed by atoms with Gasteiger partial charge in [-0.2, -0.15) is 15.5 Å². The van der Waals surface area contributed by atoms with Gasteiger partial charge in [-0.1, -0.05) is 36.4 Å². The van der Waals surface area contributed by atoms with Crippen molar-refractivity contribution in [3.05, 3.63) is 205 Å². The van der Waals surface area contributed by atoms with E-state index in [1.165, 1.54) is 4.57 Å². The van der Waals surface area contributed by atoms with Crippen LogP contribution in [-0.2, 0) is 47.5 Å². The van der Waals surface area contributed by atoms with E-state index in [0.717, 1.165) is 16.8 Å². The van der Waals surface area contributed by atoms with Gasteiger partial charge < -0.3 is 48.5 Å². The minimum absolute atomic E-state index is 0.0361. The topological polar surface area (TPSA) is 274 Å². The molecule has 0 aliphatic heterocycles. The molecule has 0 spiro atoms. The molecule has 24 heteroatoms. The fourth-order valence-corrected chi connectivity index (χ4v) is 10.3. The van der Waals surface area contributed by atoms with Gasteiger partial charge in [-0.05, 0) is 137 Å². The van der Waals surface area contributed by atoms with Crippen LogP contribution in [0.5, 0.6) is 0 Å². The van der Waals surface area contributed by atoms with Crippen LogP contribution in [-0.4, -0.2) is 171 Å². The van der Waals surface area contributed by atoms with Crippen LogP contribution in [0.4, 0.5) is 5.69 Å². The summed E-state index contributed by atoms with van der Waals surface area (Å²) in [6, 6.07) is 38.1. The van der Waals surface area contributed by atoms with Crippen molar-refractivity contribution in [1.29, 1.82) is 5.26 Å². The molecular formula is C72H80N10O14. The molecule has 0 radical (unpaired) electrons. The maximum absolute atomic E-state index is 14.0. The molecule has 2 N–H and O–H groups in total. The van der Waals surface area contributed by atoms with Crippen LogP contribution in [0.15, 0.2) is 143 Å². The van der Waals surface area contributed by atoms with Crippen LogP contribution in [0.3, 0.4) is 0 Å². The van der Waals surface area contributed by atoms with E-state index in [2.05, 4.69) is 31.7 Å². The Bertz CT molecular complexity index is 3840. The Labute approximate surface area is 557 Å². The summed E-state index contributed by atoms with van der Waals surface area (Å²) in [6.45, 7) is 19.9. The number of carbonyl (C=O) groups excluding carboxylic acids is 4. The fraction of sp³-hybridized carbons (Fsp3) is 0.361. The van der Waals surface area contributed by atoms with E-state index in [-0.39, 0.29) is 75.9 Å². The van der Waals surface area contributed by atoms with Crippen molar-refractivity contribution in [3.63, 3.8) is 0 Å². The SMILES string of the molecule is [C-]#[N+]c1ccc(-n2nccc2-c2cc(C(=O)CCCOCCOCCOCCOCCNC(=O)C(=O)CCCOCCOCCOCCOCCNC(=O)c3cc(-c4ccnn4-c4ccc(C#N)cc4)c(C)n(-c4cccc(C)c4)c3=O)c(=O)n(-c3cccc(C)c3)c2C)cc1. The Morgan fingerprint density at radius 1 is 0.490 bits per heavy atom.